The summed E-state index contributed by atoms with van der Waals surface area (Å²) in [5, 5.41) is 2.99. The number of nitrogens with zero attached hydrogens (tertiary/aromatic N) is 5. The maximum absolute atomic E-state index is 12.5. The van der Waals surface area contributed by atoms with Crippen LogP contribution in [0.5, 0.6) is 0 Å². The van der Waals surface area contributed by atoms with Gasteiger partial charge in [0, 0.05) is 57.6 Å². The molecule has 3 heterocycles. The van der Waals surface area contributed by atoms with Crippen LogP contribution in [-0.4, -0.2) is 63.1 Å². The molecule has 1 aliphatic heterocycles. The summed E-state index contributed by atoms with van der Waals surface area (Å²) in [6, 6.07) is 11.8. The van der Waals surface area contributed by atoms with Crippen LogP contribution in [0.1, 0.15) is 18.3 Å². The van der Waals surface area contributed by atoms with E-state index in [-0.39, 0.29) is 6.03 Å². The number of imidazole rings is 1. The van der Waals surface area contributed by atoms with Gasteiger partial charge in [-0.1, -0.05) is 24.6 Å². The number of fused-ring (bicyclic) bond motifs is 1. The first-order valence-electron chi connectivity index (χ1n) is 10.3. The van der Waals surface area contributed by atoms with E-state index in [1.807, 2.05) is 54.4 Å². The Labute approximate surface area is 171 Å². The van der Waals surface area contributed by atoms with Crippen molar-refractivity contribution in [1.82, 2.24) is 24.3 Å². The van der Waals surface area contributed by atoms with Crippen molar-refractivity contribution in [3.8, 4) is 0 Å². The number of rotatable bonds is 5. The summed E-state index contributed by atoms with van der Waals surface area (Å²) in [5.41, 5.74) is 3.95. The van der Waals surface area contributed by atoms with Gasteiger partial charge in [0.15, 0.2) is 5.65 Å². The van der Waals surface area contributed by atoms with Gasteiger partial charge in [0.05, 0.1) is 0 Å². The summed E-state index contributed by atoms with van der Waals surface area (Å²) in [4.78, 5) is 26.0. The Hall–Kier alpha value is -2.93. The molecular formula is C22H28N6O. The highest BCUT2D eigenvalue weighted by atomic mass is 16.2. The van der Waals surface area contributed by atoms with E-state index < -0.39 is 0 Å². The van der Waals surface area contributed by atoms with Crippen LogP contribution in [0.3, 0.4) is 0 Å². The number of piperazine rings is 1. The lowest BCUT2D eigenvalue weighted by molar-refractivity contribution is 0.144. The van der Waals surface area contributed by atoms with Crippen molar-refractivity contribution in [1.29, 1.82) is 0 Å². The number of urea groups is 1. The maximum Gasteiger partial charge on any atom is 0.321 e. The smallest absolute Gasteiger partial charge is 0.321 e. The zero-order valence-corrected chi connectivity index (χ0v) is 17.1. The number of carbonyl (C=O) groups excluding carboxylic acids is 1. The SMILES string of the molecule is CCc1nc2cccnc2n1CCN1CCN(C(=O)Nc2ccc(C)cc2)CC1. The molecule has 0 unspecified atom stereocenters. The molecule has 0 radical (unpaired) electrons. The van der Waals surface area contributed by atoms with Gasteiger partial charge >= 0.3 is 6.03 Å². The quantitative estimate of drug-likeness (QED) is 0.724. The van der Waals surface area contributed by atoms with Gasteiger partial charge in [-0.05, 0) is 31.2 Å². The Morgan fingerprint density at radius 3 is 2.55 bits per heavy atom. The van der Waals surface area contributed by atoms with E-state index in [4.69, 9.17) is 4.98 Å². The van der Waals surface area contributed by atoms with Crippen LogP contribution < -0.4 is 5.32 Å². The predicted molar refractivity (Wildman–Crippen MR) is 115 cm³/mol. The molecule has 0 bridgehead atoms. The van der Waals surface area contributed by atoms with Crippen LogP contribution in [0.4, 0.5) is 10.5 Å². The van der Waals surface area contributed by atoms with Crippen molar-refractivity contribution < 1.29 is 4.79 Å². The van der Waals surface area contributed by atoms with E-state index >= 15 is 0 Å². The number of nitrogens with one attached hydrogen (secondary N) is 1. The third-order valence-electron chi connectivity index (χ3n) is 5.50. The fourth-order valence-corrected chi connectivity index (χ4v) is 3.77. The average Bonchev–Trinajstić information content (AvgIpc) is 3.12. The normalized spacial score (nSPS) is 15.0. The summed E-state index contributed by atoms with van der Waals surface area (Å²) in [6.45, 7) is 9.20. The summed E-state index contributed by atoms with van der Waals surface area (Å²) in [7, 11) is 0. The van der Waals surface area contributed by atoms with Crippen molar-refractivity contribution in [3.63, 3.8) is 0 Å². The summed E-state index contributed by atoms with van der Waals surface area (Å²) >= 11 is 0. The first-order valence-corrected chi connectivity index (χ1v) is 10.3. The van der Waals surface area contributed by atoms with Gasteiger partial charge in [-0.25, -0.2) is 14.8 Å². The molecule has 0 atom stereocenters. The maximum atomic E-state index is 12.5. The predicted octanol–water partition coefficient (Wildman–Crippen LogP) is 3.15. The minimum Gasteiger partial charge on any atom is -0.322 e. The van der Waals surface area contributed by atoms with Crippen molar-refractivity contribution in [3.05, 3.63) is 54.0 Å². The molecule has 152 valence electrons. The van der Waals surface area contributed by atoms with Crippen molar-refractivity contribution in [2.24, 2.45) is 0 Å². The van der Waals surface area contributed by atoms with E-state index in [0.717, 1.165) is 68.4 Å². The second kappa shape index (κ2) is 8.61. The monoisotopic (exact) mass is 392 g/mol. The molecule has 0 spiro atoms. The Kier molecular flexibility index (Phi) is 5.76. The number of benzene rings is 1. The first kappa shape index (κ1) is 19.4. The second-order valence-electron chi connectivity index (χ2n) is 7.50. The third kappa shape index (κ3) is 4.40. The van der Waals surface area contributed by atoms with E-state index in [1.165, 1.54) is 5.56 Å². The molecular weight excluding hydrogens is 364 g/mol. The van der Waals surface area contributed by atoms with Crippen molar-refractivity contribution in [2.75, 3.05) is 38.0 Å². The van der Waals surface area contributed by atoms with Gasteiger partial charge in [-0.3, -0.25) is 4.90 Å². The minimum atomic E-state index is -0.0217. The number of pyridine rings is 1. The van der Waals surface area contributed by atoms with Crippen molar-refractivity contribution >= 4 is 22.9 Å². The molecule has 29 heavy (non-hydrogen) atoms. The molecule has 1 N–H and O–H groups in total. The van der Waals surface area contributed by atoms with Crippen molar-refractivity contribution in [2.45, 2.75) is 26.8 Å². The van der Waals surface area contributed by atoms with Crippen LogP contribution in [-0.2, 0) is 13.0 Å². The van der Waals surface area contributed by atoms with Gasteiger partial charge < -0.3 is 14.8 Å². The summed E-state index contributed by atoms with van der Waals surface area (Å²) in [5.74, 6) is 1.08. The molecule has 4 rings (SSSR count). The number of carbonyl (C=O) groups is 1. The standard InChI is InChI=1S/C22H28N6O/c1-3-20-25-19-5-4-10-23-21(19)28(20)16-13-26-11-14-27(15-12-26)22(29)24-18-8-6-17(2)7-9-18/h4-10H,3,11-16H2,1-2H3,(H,24,29). The largest absolute Gasteiger partial charge is 0.322 e. The Balaban J connectivity index is 1.30. The molecule has 1 saturated heterocycles. The molecule has 1 aliphatic rings. The van der Waals surface area contributed by atoms with Crippen LogP contribution in [0.25, 0.3) is 11.2 Å². The minimum absolute atomic E-state index is 0.0217. The molecule has 0 saturated carbocycles. The topological polar surface area (TPSA) is 66.3 Å². The van der Waals surface area contributed by atoms with E-state index in [2.05, 4.69) is 26.7 Å². The number of anilines is 1. The summed E-state index contributed by atoms with van der Waals surface area (Å²) < 4.78 is 2.23. The number of aromatic nitrogens is 3. The Morgan fingerprint density at radius 1 is 1.07 bits per heavy atom. The molecule has 0 aliphatic carbocycles. The molecule has 1 aromatic carbocycles. The molecule has 3 aromatic rings. The fraction of sp³-hybridized carbons (Fsp3) is 0.409. The highest BCUT2D eigenvalue weighted by Gasteiger charge is 2.21. The molecule has 7 heteroatoms. The summed E-state index contributed by atoms with van der Waals surface area (Å²) in [6.07, 6.45) is 2.72. The number of hydrogen-bond donors (Lipinski definition) is 1. The van der Waals surface area contributed by atoms with Crippen LogP contribution in [0.15, 0.2) is 42.6 Å². The number of hydrogen-bond acceptors (Lipinski definition) is 4. The van der Waals surface area contributed by atoms with Gasteiger partial charge in [-0.2, -0.15) is 0 Å². The lowest BCUT2D eigenvalue weighted by Crippen LogP contribution is -2.50. The highest BCUT2D eigenvalue weighted by molar-refractivity contribution is 5.89. The number of amides is 2. The third-order valence-corrected chi connectivity index (χ3v) is 5.50. The highest BCUT2D eigenvalue weighted by Crippen LogP contribution is 2.15. The van der Waals surface area contributed by atoms with Gasteiger partial charge in [0.2, 0.25) is 0 Å². The Morgan fingerprint density at radius 2 is 1.83 bits per heavy atom. The molecule has 1 fully saturated rings. The van der Waals surface area contributed by atoms with Crippen LogP contribution >= 0.6 is 0 Å². The first-order chi connectivity index (χ1) is 14.1. The molecule has 2 amide bonds. The molecule has 7 nitrogen and oxygen atoms in total. The van der Waals surface area contributed by atoms with Gasteiger partial charge in [0.25, 0.3) is 0 Å². The molecule has 2 aromatic heterocycles. The van der Waals surface area contributed by atoms with E-state index in [1.54, 1.807) is 0 Å². The van der Waals surface area contributed by atoms with Crippen LogP contribution in [0.2, 0.25) is 0 Å². The zero-order chi connectivity index (χ0) is 20.2. The lowest BCUT2D eigenvalue weighted by atomic mass is 10.2. The fourth-order valence-electron chi connectivity index (χ4n) is 3.77. The van der Waals surface area contributed by atoms with E-state index in [0.29, 0.717) is 0 Å². The second-order valence-corrected chi connectivity index (χ2v) is 7.50. The van der Waals surface area contributed by atoms with Gasteiger partial charge in [-0.15, -0.1) is 0 Å². The zero-order valence-electron chi connectivity index (χ0n) is 17.1. The number of aryl methyl sites for hydroxylation is 2. The van der Waals surface area contributed by atoms with Gasteiger partial charge in [0.1, 0.15) is 11.3 Å². The average molecular weight is 393 g/mol. The van der Waals surface area contributed by atoms with Crippen LogP contribution in [0, 0.1) is 6.92 Å². The van der Waals surface area contributed by atoms with E-state index in [9.17, 15) is 4.79 Å². The Bertz CT molecular complexity index is 973. The lowest BCUT2D eigenvalue weighted by Gasteiger charge is -2.34.